The summed E-state index contributed by atoms with van der Waals surface area (Å²) in [4.78, 5) is 90.2. The first-order valence-electron chi connectivity index (χ1n) is 35.0. The van der Waals surface area contributed by atoms with E-state index in [2.05, 4.69) is 99.6 Å². The van der Waals surface area contributed by atoms with Crippen LogP contribution in [0.4, 0.5) is 0 Å². The number of hydrogen-bond donors (Lipinski definition) is 5. The number of carbonyl (C=O) groups is 7. The Morgan fingerprint density at radius 2 is 0.875 bits per heavy atom. The van der Waals surface area contributed by atoms with Gasteiger partial charge in [0.05, 0.1) is 96.9 Å². The fraction of sp³-hybridized carbons (Fsp3) is 0.882. The topological polar surface area (TPSA) is 327 Å². The van der Waals surface area contributed by atoms with Gasteiger partial charge in [-0.2, -0.15) is 5.26 Å². The maximum Gasteiger partial charge on any atom is 0.302 e. The van der Waals surface area contributed by atoms with Crippen LogP contribution in [0.5, 0.6) is 0 Å². The summed E-state index contributed by atoms with van der Waals surface area (Å²) in [6.45, 7) is 33.1. The number of nitrogens with one attached hydrogen (secondary N) is 5. The number of carbonyl (C=O) groups excluding carboxylic acids is 7. The molecule has 0 aromatic heterocycles. The number of rotatable bonds is 48. The van der Waals surface area contributed by atoms with Crippen LogP contribution in [-0.2, 0) is 94.7 Å². The molecule has 0 bridgehead atoms. The van der Waals surface area contributed by atoms with Gasteiger partial charge in [0.2, 0.25) is 29.5 Å². The van der Waals surface area contributed by atoms with E-state index in [1.165, 1.54) is 13.8 Å². The summed E-state index contributed by atoms with van der Waals surface area (Å²) in [6, 6.07) is 2.29. The van der Waals surface area contributed by atoms with Crippen molar-refractivity contribution in [2.24, 2.45) is 53.3 Å². The quantitative estimate of drug-likeness (QED) is 0.0180. The van der Waals surface area contributed by atoms with Crippen molar-refractivity contribution in [3.63, 3.8) is 0 Å². The predicted molar refractivity (Wildman–Crippen MR) is 359 cm³/mol. The molecule has 3 fully saturated rings. The summed E-state index contributed by atoms with van der Waals surface area (Å²) in [5.74, 6) is -1.20. The molecule has 0 aromatic carbocycles. The van der Waals surface area contributed by atoms with E-state index in [1.54, 1.807) is 0 Å². The van der Waals surface area contributed by atoms with Crippen molar-refractivity contribution in [3.8, 4) is 6.07 Å². The van der Waals surface area contributed by atoms with Gasteiger partial charge in [-0.05, 0) is 95.3 Å². The van der Waals surface area contributed by atoms with E-state index < -0.39 is 57.4 Å². The second kappa shape index (κ2) is 47.0. The predicted octanol–water partition coefficient (Wildman–Crippen LogP) is 6.86. The van der Waals surface area contributed by atoms with Gasteiger partial charge in [0, 0.05) is 82.7 Å². The molecule has 28 heteroatoms. The Hall–Kier alpha value is -4.27. The SMILES string of the molecule is CCC1O[C@@H](OCCCNC(=O)CCOCC(COCCC(=O)NCCCO[C@@H]2OC(COC(C)=O)[C@H](C)[C@H](C)C2C)(COCC(=O)NCCCO[C@@H]2OC(COC(C)=O)[C@H](C)[C@H](C)C2C)NC(=O)CC(=O)NCCCOP(OCCC#N)N(C(C)C)C(C)C)C(C)[C@@H](C)[C@H]1C. The van der Waals surface area contributed by atoms with Crippen LogP contribution in [0, 0.1) is 64.6 Å². The van der Waals surface area contributed by atoms with Gasteiger partial charge < -0.3 is 87.7 Å². The first kappa shape index (κ1) is 86.0. The smallest absolute Gasteiger partial charge is 0.302 e. The standard InChI is InChI=1S/C68H122N7O20P/c1-17-57-49(9)46(6)52(12)65(93-57)86-30-19-26-70-60(78)23-35-83-41-68(74-63(81)37-62(80)72-29-22-34-92-96(91-33-18-25-69)75(44(2)3)45(4)5,43-85-40-64(82)73-28-21-32-88-67-54(14)48(8)51(11)59(95-67)39-90-56(16)77)42-84-36-24-61(79)71-27-20-31-87-66-53(13)47(7)50(10)58(94-66)38-89-55(15)76/h44-54,57-59,65-67H,17-24,26-43H2,1-16H3,(H,70,78)(H,71,79)(H,72,80)(H,73,82)(H,74,81)/t46-,47-,48-,49+,50+,51+,52?,53?,54?,57?,58?,59?,65+,66+,67+,68?,96?/m0/s1. The third-order valence-corrected chi connectivity index (χ3v) is 20.7. The normalized spacial score (nSPS) is 26.9. The molecule has 96 heavy (non-hydrogen) atoms. The monoisotopic (exact) mass is 1390 g/mol. The zero-order chi connectivity index (χ0) is 71.3. The Bertz CT molecular complexity index is 2320. The van der Waals surface area contributed by atoms with Crippen molar-refractivity contribution < 1.29 is 94.7 Å². The zero-order valence-corrected chi connectivity index (χ0v) is 61.6. The summed E-state index contributed by atoms with van der Waals surface area (Å²) >= 11 is 0. The van der Waals surface area contributed by atoms with Crippen molar-refractivity contribution >= 4 is 50.0 Å². The number of nitrogens with zero attached hydrogens (tertiary/aromatic N) is 2. The maximum absolute atomic E-state index is 14.0. The van der Waals surface area contributed by atoms with Crippen molar-refractivity contribution in [2.45, 2.75) is 223 Å². The Labute approximate surface area is 573 Å². The van der Waals surface area contributed by atoms with Crippen molar-refractivity contribution in [1.82, 2.24) is 31.3 Å². The third kappa shape index (κ3) is 31.9. The van der Waals surface area contributed by atoms with E-state index >= 15 is 0 Å². The molecule has 0 saturated carbocycles. The van der Waals surface area contributed by atoms with Crippen LogP contribution in [0.2, 0.25) is 0 Å². The molecule has 3 saturated heterocycles. The van der Waals surface area contributed by atoms with Gasteiger partial charge in [-0.15, -0.1) is 0 Å². The molecule has 0 spiro atoms. The second-order valence-corrected chi connectivity index (χ2v) is 28.2. The van der Waals surface area contributed by atoms with E-state index in [0.29, 0.717) is 63.8 Å². The molecule has 554 valence electrons. The third-order valence-electron chi connectivity index (χ3n) is 18.6. The molecule has 5 N–H and O–H groups in total. The van der Waals surface area contributed by atoms with E-state index in [0.717, 1.165) is 6.42 Å². The molecule has 3 aliphatic heterocycles. The van der Waals surface area contributed by atoms with Crippen molar-refractivity contribution in [3.05, 3.63) is 0 Å². The molecule has 0 aromatic rings. The Kier molecular flexibility index (Phi) is 42.0. The van der Waals surface area contributed by atoms with Crippen LogP contribution in [0.25, 0.3) is 0 Å². The largest absolute Gasteiger partial charge is 0.463 e. The van der Waals surface area contributed by atoms with Gasteiger partial charge in [-0.25, -0.2) is 4.67 Å². The summed E-state index contributed by atoms with van der Waals surface area (Å²) in [5.41, 5.74) is -1.56. The average molecular weight is 1390 g/mol. The molecule has 5 amide bonds. The van der Waals surface area contributed by atoms with E-state index in [1.807, 2.05) is 34.6 Å². The van der Waals surface area contributed by atoms with E-state index in [-0.39, 0.29) is 200 Å². The molecule has 3 aliphatic rings. The fourth-order valence-electron chi connectivity index (χ4n) is 11.7. The van der Waals surface area contributed by atoms with Crippen LogP contribution in [-0.4, -0.2) is 213 Å². The summed E-state index contributed by atoms with van der Waals surface area (Å²) in [7, 11) is -1.49. The van der Waals surface area contributed by atoms with Crippen LogP contribution >= 0.6 is 8.53 Å². The van der Waals surface area contributed by atoms with Crippen molar-refractivity contribution in [2.75, 3.05) is 112 Å². The highest BCUT2D eigenvalue weighted by Gasteiger charge is 2.43. The first-order valence-corrected chi connectivity index (χ1v) is 36.2. The number of nitriles is 1. The lowest BCUT2D eigenvalue weighted by molar-refractivity contribution is -0.255. The molecule has 17 atom stereocenters. The van der Waals surface area contributed by atoms with E-state index in [9.17, 15) is 33.6 Å². The zero-order valence-electron chi connectivity index (χ0n) is 60.7. The lowest BCUT2D eigenvalue weighted by atomic mass is 9.78. The van der Waals surface area contributed by atoms with Crippen LogP contribution in [0.1, 0.15) is 169 Å². The van der Waals surface area contributed by atoms with Gasteiger partial charge in [0.25, 0.3) is 8.53 Å². The van der Waals surface area contributed by atoms with Crippen molar-refractivity contribution in [1.29, 1.82) is 5.26 Å². The second-order valence-electron chi connectivity index (χ2n) is 26.8. The highest BCUT2D eigenvalue weighted by Crippen LogP contribution is 2.46. The molecule has 27 nitrogen and oxygen atoms in total. The van der Waals surface area contributed by atoms with Gasteiger partial charge in [-0.3, -0.25) is 33.6 Å². The Morgan fingerprint density at radius 3 is 1.29 bits per heavy atom. The number of esters is 2. The Morgan fingerprint density at radius 1 is 0.490 bits per heavy atom. The fourth-order valence-corrected chi connectivity index (χ4v) is 13.4. The Balaban J connectivity index is 1.71. The summed E-state index contributed by atoms with van der Waals surface area (Å²) in [6.07, 6.45) is 0.329. The minimum absolute atomic E-state index is 0.0479. The number of ether oxygens (including phenoxy) is 11. The molecule has 3 rings (SSSR count). The van der Waals surface area contributed by atoms with Crippen LogP contribution < -0.4 is 26.6 Å². The molecule has 3 heterocycles. The minimum atomic E-state index is -1.56. The minimum Gasteiger partial charge on any atom is -0.463 e. The average Bonchev–Trinajstić information content (AvgIpc) is 0.878. The van der Waals surface area contributed by atoms with Gasteiger partial charge >= 0.3 is 11.9 Å². The molecule has 0 radical (unpaired) electrons. The molecular formula is C68H122N7O20P. The molecule has 8 unspecified atom stereocenters. The molecule has 0 aliphatic carbocycles. The number of amides is 5. The summed E-state index contributed by atoms with van der Waals surface area (Å²) < 4.78 is 80.1. The number of hydrogen-bond acceptors (Lipinski definition) is 22. The lowest BCUT2D eigenvalue weighted by Crippen LogP contribution is -2.59. The van der Waals surface area contributed by atoms with Gasteiger partial charge in [-0.1, -0.05) is 69.2 Å². The van der Waals surface area contributed by atoms with Gasteiger partial charge in [0.15, 0.2) is 18.9 Å². The first-order chi connectivity index (χ1) is 45.6. The lowest BCUT2D eigenvalue weighted by Gasteiger charge is -2.43. The highest BCUT2D eigenvalue weighted by atomic mass is 31.2. The maximum atomic E-state index is 14.0. The van der Waals surface area contributed by atoms with Gasteiger partial charge in [0.1, 0.15) is 31.8 Å². The molecular weight excluding hydrogens is 1270 g/mol. The van der Waals surface area contributed by atoms with Crippen LogP contribution in [0.15, 0.2) is 0 Å². The van der Waals surface area contributed by atoms with E-state index in [4.69, 9.17) is 66.4 Å². The highest BCUT2D eigenvalue weighted by molar-refractivity contribution is 7.44. The summed E-state index contributed by atoms with van der Waals surface area (Å²) in [5, 5.41) is 23.4. The van der Waals surface area contributed by atoms with Crippen LogP contribution in [0.3, 0.4) is 0 Å².